The number of likely N-dealkylation sites (tertiary alicyclic amines) is 1. The number of nitrogens with two attached hydrogens (primary N) is 1. The molecule has 1 fully saturated rings. The van der Waals surface area contributed by atoms with Gasteiger partial charge in [-0.2, -0.15) is 0 Å². The largest absolute Gasteiger partial charge is 0.454 e. The Bertz CT molecular complexity index is 3550. The average molecular weight is 1220 g/mol. The number of hydrogen-bond acceptors (Lipinski definition) is 10. The van der Waals surface area contributed by atoms with Crippen molar-refractivity contribution < 1.29 is 38.2 Å². The van der Waals surface area contributed by atoms with Crippen molar-refractivity contribution in [2.75, 3.05) is 32.1 Å². The van der Waals surface area contributed by atoms with Gasteiger partial charge in [0.25, 0.3) is 5.91 Å². The maximum absolute atomic E-state index is 15.7. The molecule has 462 valence electrons. The minimum atomic E-state index is -1.28. The molecule has 4 atom stereocenters. The van der Waals surface area contributed by atoms with E-state index in [0.717, 1.165) is 61.2 Å². The van der Waals surface area contributed by atoms with Gasteiger partial charge >= 0.3 is 12.1 Å². The van der Waals surface area contributed by atoms with Crippen LogP contribution in [0.4, 0.5) is 4.79 Å². The van der Waals surface area contributed by atoms with Crippen LogP contribution in [0.15, 0.2) is 224 Å². The van der Waals surface area contributed by atoms with Crippen molar-refractivity contribution in [3.05, 3.63) is 275 Å². The van der Waals surface area contributed by atoms with Crippen molar-refractivity contribution in [1.29, 1.82) is 0 Å². The minimum Gasteiger partial charge on any atom is -0.454 e. The fourth-order valence-corrected chi connectivity index (χ4v) is 14.3. The Morgan fingerprint density at radius 1 is 0.578 bits per heavy atom. The van der Waals surface area contributed by atoms with E-state index in [9.17, 15) is 19.2 Å². The van der Waals surface area contributed by atoms with Crippen LogP contribution in [0.1, 0.15) is 102 Å². The van der Waals surface area contributed by atoms with E-state index in [1.54, 1.807) is 13.8 Å². The molecule has 8 aromatic rings. The van der Waals surface area contributed by atoms with Crippen molar-refractivity contribution in [3.63, 3.8) is 0 Å². The van der Waals surface area contributed by atoms with Crippen LogP contribution in [0, 0.1) is 12.8 Å². The molecule has 0 radical (unpaired) electrons. The lowest BCUT2D eigenvalue weighted by atomic mass is 9.76. The molecule has 1 aliphatic carbocycles. The summed E-state index contributed by atoms with van der Waals surface area (Å²) in [7, 11) is 0. The quantitative estimate of drug-likeness (QED) is 0.0188. The van der Waals surface area contributed by atoms with Crippen molar-refractivity contribution in [2.45, 2.75) is 93.2 Å². The van der Waals surface area contributed by atoms with E-state index in [-0.39, 0.29) is 43.6 Å². The Kier molecular flexibility index (Phi) is 21.1. The van der Waals surface area contributed by atoms with E-state index in [4.69, 9.17) is 15.2 Å². The van der Waals surface area contributed by atoms with Crippen LogP contribution in [0.2, 0.25) is 0 Å². The monoisotopic (exact) mass is 1220 g/mol. The van der Waals surface area contributed by atoms with Crippen LogP contribution in [0.5, 0.6) is 0 Å². The number of nitrogens with zero attached hydrogens (tertiary/aromatic N) is 1. The third-order valence-electron chi connectivity index (χ3n) is 17.2. The molecule has 1 saturated heterocycles. The third kappa shape index (κ3) is 14.4. The predicted octanol–water partition coefficient (Wildman–Crippen LogP) is 11.3. The molecule has 1 heterocycles. The number of fused-ring (bicyclic) bond motifs is 3. The number of primary amides is 1. The average Bonchev–Trinajstić information content (AvgIpc) is 1.13. The zero-order valence-electron chi connectivity index (χ0n) is 51.1. The number of aryl methyl sites for hydroxylation is 1. The van der Waals surface area contributed by atoms with E-state index in [1.807, 2.05) is 164 Å². The molecular weight excluding hydrogens is 1140 g/mol. The van der Waals surface area contributed by atoms with Gasteiger partial charge in [0.2, 0.25) is 17.7 Å². The molecule has 5 amide bonds. The summed E-state index contributed by atoms with van der Waals surface area (Å²) in [5.74, 6) is -3.99. The Labute approximate surface area is 531 Å². The standard InChI is InChI=1S/C75H78N6O8S/c1-51(2)68(69(76)83)80-67(82)49-88-72(86)66-41-25-47-81(66)71(85)65(50-90-75(56-30-13-6-14-31-56,57-32-15-7-16-33-57)58-34-17-8-18-35-58)78-70(84)64(79-73(87)89-48-63-61-38-21-19-36-59(61)60-37-20-22-39-62(60)63)40-23-24-46-77-74(53-26-9-4-10-27-53,54-28-11-5-12-29-54)55-44-42-52(3)43-45-55/h4-22,26-39,42-45,51,63-66,68,77H,23-25,40-41,46-50H2,1-3H3,(H2,76,83)(H,78,84)(H,79,87)(H,80,82)/t64-,65-,66-,68?/m0/s1. The molecule has 90 heavy (non-hydrogen) atoms. The SMILES string of the molecule is Cc1ccc(C(NCCCC[C@H](NC(=O)OCC2c3ccccc3-c3ccccc32)C(=O)N[C@@H](CSC(c2ccccc2)(c2ccccc2)c2ccccc2)C(=O)N2CCC[C@H]2C(=O)OCC(=O)NC(C(N)=O)C(C)C)(c2ccccc2)c2ccccc2)cc1. The highest BCUT2D eigenvalue weighted by Gasteiger charge is 2.44. The Morgan fingerprint density at radius 3 is 1.58 bits per heavy atom. The zero-order valence-corrected chi connectivity index (χ0v) is 51.9. The van der Waals surface area contributed by atoms with Gasteiger partial charge in [-0.25, -0.2) is 9.59 Å². The van der Waals surface area contributed by atoms with Crippen LogP contribution < -0.4 is 27.0 Å². The molecule has 15 heteroatoms. The highest BCUT2D eigenvalue weighted by atomic mass is 32.2. The summed E-state index contributed by atoms with van der Waals surface area (Å²) in [5, 5.41) is 12.6. The van der Waals surface area contributed by atoms with Gasteiger partial charge in [0.05, 0.1) is 10.3 Å². The minimum absolute atomic E-state index is 0.00468. The van der Waals surface area contributed by atoms with E-state index in [0.29, 0.717) is 25.8 Å². The number of alkyl carbamates (subject to hydrolysis) is 1. The number of benzene rings is 8. The predicted molar refractivity (Wildman–Crippen MR) is 353 cm³/mol. The summed E-state index contributed by atoms with van der Waals surface area (Å²) in [6.07, 6.45) is 1.07. The number of thioether (sulfide) groups is 1. The Hall–Kier alpha value is -9.31. The number of amides is 5. The first-order chi connectivity index (χ1) is 43.8. The summed E-state index contributed by atoms with van der Waals surface area (Å²) in [6.45, 7) is 5.50. The summed E-state index contributed by atoms with van der Waals surface area (Å²) < 4.78 is 10.8. The highest BCUT2D eigenvalue weighted by molar-refractivity contribution is 8.00. The molecule has 2 aliphatic rings. The van der Waals surface area contributed by atoms with Crippen LogP contribution in [0.3, 0.4) is 0 Å². The second-order valence-electron chi connectivity index (χ2n) is 23.4. The van der Waals surface area contributed by atoms with Gasteiger partial charge in [-0.1, -0.05) is 244 Å². The van der Waals surface area contributed by atoms with Crippen molar-refractivity contribution in [2.24, 2.45) is 11.7 Å². The number of carbonyl (C=O) groups excluding carboxylic acids is 6. The second-order valence-corrected chi connectivity index (χ2v) is 24.7. The topological polar surface area (TPSA) is 198 Å². The number of esters is 1. The summed E-state index contributed by atoms with van der Waals surface area (Å²) in [6, 6.07) is 70.8. The summed E-state index contributed by atoms with van der Waals surface area (Å²) in [4.78, 5) is 86.4. The Balaban J connectivity index is 0.959. The molecule has 14 nitrogen and oxygen atoms in total. The zero-order chi connectivity index (χ0) is 63.0. The first-order valence-corrected chi connectivity index (χ1v) is 32.0. The van der Waals surface area contributed by atoms with Gasteiger partial charge in [-0.05, 0) is 107 Å². The van der Waals surface area contributed by atoms with Gasteiger partial charge in [0, 0.05) is 18.2 Å². The highest BCUT2D eigenvalue weighted by Crippen LogP contribution is 2.49. The van der Waals surface area contributed by atoms with Gasteiger partial charge in [0.15, 0.2) is 6.61 Å². The molecule has 0 aromatic heterocycles. The normalized spacial score (nSPS) is 14.8. The van der Waals surface area contributed by atoms with Crippen LogP contribution in [-0.4, -0.2) is 96.8 Å². The van der Waals surface area contributed by atoms with E-state index in [1.165, 1.54) is 16.7 Å². The van der Waals surface area contributed by atoms with Gasteiger partial charge in [-0.15, -0.1) is 11.8 Å². The number of rotatable bonds is 27. The second kappa shape index (κ2) is 29.8. The molecule has 6 N–H and O–H groups in total. The van der Waals surface area contributed by atoms with E-state index in [2.05, 4.69) is 88.9 Å². The van der Waals surface area contributed by atoms with Crippen LogP contribution in [-0.2, 0) is 43.7 Å². The summed E-state index contributed by atoms with van der Waals surface area (Å²) >= 11 is 1.47. The molecule has 0 spiro atoms. The first kappa shape index (κ1) is 63.7. The number of nitrogens with one attached hydrogen (secondary N) is 4. The molecule has 0 bridgehead atoms. The lowest BCUT2D eigenvalue weighted by Crippen LogP contribution is -2.57. The summed E-state index contributed by atoms with van der Waals surface area (Å²) in [5.41, 5.74) is 16.1. The Morgan fingerprint density at radius 2 is 1.07 bits per heavy atom. The van der Waals surface area contributed by atoms with Gasteiger partial charge in [-0.3, -0.25) is 24.5 Å². The van der Waals surface area contributed by atoms with Crippen LogP contribution >= 0.6 is 11.8 Å². The van der Waals surface area contributed by atoms with Crippen molar-refractivity contribution >= 4 is 47.5 Å². The maximum Gasteiger partial charge on any atom is 0.407 e. The number of carbonyl (C=O) groups is 6. The van der Waals surface area contributed by atoms with Crippen molar-refractivity contribution in [1.82, 2.24) is 26.2 Å². The van der Waals surface area contributed by atoms with E-state index >= 15 is 9.59 Å². The maximum atomic E-state index is 15.7. The van der Waals surface area contributed by atoms with Crippen molar-refractivity contribution in [3.8, 4) is 11.1 Å². The third-order valence-corrected chi connectivity index (χ3v) is 18.9. The smallest absolute Gasteiger partial charge is 0.407 e. The molecule has 0 saturated carbocycles. The lowest BCUT2D eigenvalue weighted by Gasteiger charge is -2.37. The fraction of sp³-hybridized carbons (Fsp3) is 0.280. The van der Waals surface area contributed by atoms with Gasteiger partial charge in [0.1, 0.15) is 30.8 Å². The molecular formula is C75H78N6O8S. The van der Waals surface area contributed by atoms with E-state index < -0.39 is 76.8 Å². The molecule has 10 rings (SSSR count). The molecule has 1 aliphatic heterocycles. The first-order valence-electron chi connectivity index (χ1n) is 31.0. The number of hydrogen-bond donors (Lipinski definition) is 5. The number of ether oxygens (including phenoxy) is 2. The lowest BCUT2D eigenvalue weighted by molar-refractivity contribution is -0.156. The molecule has 1 unspecified atom stereocenters. The molecule has 8 aromatic carbocycles. The van der Waals surface area contributed by atoms with Gasteiger partial charge < -0.3 is 36.1 Å². The van der Waals surface area contributed by atoms with Crippen LogP contribution in [0.25, 0.3) is 11.1 Å². The fourth-order valence-electron chi connectivity index (χ4n) is 12.7. The number of unbranched alkanes of at least 4 members (excludes halogenated alkanes) is 1.